The molecule has 1 aromatic carbocycles. The van der Waals surface area contributed by atoms with Crippen LogP contribution in [0.1, 0.15) is 24.2 Å². The van der Waals surface area contributed by atoms with Crippen LogP contribution in [-0.4, -0.2) is 47.2 Å². The fourth-order valence-electron chi connectivity index (χ4n) is 3.77. The number of amides is 1. The first-order valence-corrected chi connectivity index (χ1v) is 11.6. The van der Waals surface area contributed by atoms with Gasteiger partial charge in [0.1, 0.15) is 5.76 Å². The molecule has 4 rings (SSSR count). The quantitative estimate of drug-likeness (QED) is 0.764. The molecule has 0 bridgehead atoms. The molecule has 0 N–H and O–H groups in total. The first-order chi connectivity index (χ1) is 13.0. The summed E-state index contributed by atoms with van der Waals surface area (Å²) in [6.07, 6.45) is 2.88. The van der Waals surface area contributed by atoms with E-state index in [0.717, 1.165) is 11.3 Å². The Bertz CT molecular complexity index is 889. The summed E-state index contributed by atoms with van der Waals surface area (Å²) in [5.74, 6) is 1.31. The third-order valence-electron chi connectivity index (χ3n) is 5.24. The molecule has 0 unspecified atom stereocenters. The zero-order valence-corrected chi connectivity index (χ0v) is 16.5. The Kier molecular flexibility index (Phi) is 5.05. The van der Waals surface area contributed by atoms with Gasteiger partial charge in [0, 0.05) is 13.1 Å². The normalized spacial score (nSPS) is 20.4. The Balaban J connectivity index is 1.45. The molecule has 0 aliphatic carbocycles. The van der Waals surface area contributed by atoms with Gasteiger partial charge < -0.3 is 9.32 Å². The molecular formula is C19H22N2O4S2. The molecule has 2 aliphatic heterocycles. The van der Waals surface area contributed by atoms with Crippen LogP contribution in [0, 0.1) is 0 Å². The molecule has 1 spiro atoms. The van der Waals surface area contributed by atoms with Crippen LogP contribution < -0.4 is 0 Å². The second-order valence-electron chi connectivity index (χ2n) is 6.93. The van der Waals surface area contributed by atoms with Gasteiger partial charge in [0.05, 0.1) is 29.2 Å². The summed E-state index contributed by atoms with van der Waals surface area (Å²) in [6, 6.07) is 12.9. The molecule has 8 heteroatoms. The number of sulfonamides is 1. The Morgan fingerprint density at radius 2 is 1.81 bits per heavy atom. The number of rotatable bonds is 5. The maximum absolute atomic E-state index is 12.8. The van der Waals surface area contributed by atoms with Crippen LogP contribution in [0.25, 0.3) is 0 Å². The molecule has 6 nitrogen and oxygen atoms in total. The third-order valence-corrected chi connectivity index (χ3v) is 8.65. The fourth-order valence-corrected chi connectivity index (χ4v) is 6.65. The average molecular weight is 407 g/mol. The molecule has 0 radical (unpaired) electrons. The molecule has 2 saturated heterocycles. The van der Waals surface area contributed by atoms with E-state index < -0.39 is 10.0 Å². The Morgan fingerprint density at radius 1 is 1.07 bits per heavy atom. The van der Waals surface area contributed by atoms with Gasteiger partial charge in [-0.05, 0) is 30.5 Å². The highest BCUT2D eigenvalue weighted by atomic mass is 32.2. The lowest BCUT2D eigenvalue weighted by Crippen LogP contribution is -2.52. The number of furan rings is 1. The molecule has 0 saturated carbocycles. The Hall–Kier alpha value is -1.77. The van der Waals surface area contributed by atoms with Gasteiger partial charge in [0.2, 0.25) is 15.9 Å². The summed E-state index contributed by atoms with van der Waals surface area (Å²) in [6.45, 7) is 1.31. The van der Waals surface area contributed by atoms with Gasteiger partial charge in [-0.15, -0.1) is 11.8 Å². The molecule has 1 aromatic heterocycles. The SMILES string of the molecule is O=C1CSC2(CCN(S(=O)(=O)Cc3ccccc3)CC2)N1Cc1ccco1. The second kappa shape index (κ2) is 7.33. The van der Waals surface area contributed by atoms with Crippen molar-refractivity contribution in [2.24, 2.45) is 0 Å². The number of benzene rings is 1. The first kappa shape index (κ1) is 18.6. The summed E-state index contributed by atoms with van der Waals surface area (Å²) in [5, 5.41) is 0. The van der Waals surface area contributed by atoms with E-state index in [0.29, 0.717) is 38.2 Å². The monoisotopic (exact) mass is 406 g/mol. The van der Waals surface area contributed by atoms with Crippen molar-refractivity contribution in [3.8, 4) is 0 Å². The summed E-state index contributed by atoms with van der Waals surface area (Å²) < 4.78 is 32.5. The molecule has 0 atom stereocenters. The van der Waals surface area contributed by atoms with E-state index in [1.54, 1.807) is 22.3 Å². The minimum absolute atomic E-state index is 0.0169. The van der Waals surface area contributed by atoms with Crippen molar-refractivity contribution in [1.82, 2.24) is 9.21 Å². The number of hydrogen-bond donors (Lipinski definition) is 0. The smallest absolute Gasteiger partial charge is 0.234 e. The maximum atomic E-state index is 12.8. The minimum Gasteiger partial charge on any atom is -0.467 e. The van der Waals surface area contributed by atoms with E-state index in [2.05, 4.69) is 0 Å². The van der Waals surface area contributed by atoms with Gasteiger partial charge in [0.15, 0.2) is 0 Å². The molecule has 27 heavy (non-hydrogen) atoms. The summed E-state index contributed by atoms with van der Waals surface area (Å²) in [4.78, 5) is 14.0. The molecule has 2 fully saturated rings. The van der Waals surface area contributed by atoms with Crippen molar-refractivity contribution in [3.63, 3.8) is 0 Å². The number of thioether (sulfide) groups is 1. The van der Waals surface area contributed by atoms with Crippen molar-refractivity contribution in [2.75, 3.05) is 18.8 Å². The number of nitrogens with zero attached hydrogens (tertiary/aromatic N) is 2. The lowest BCUT2D eigenvalue weighted by atomic mass is 10.0. The van der Waals surface area contributed by atoms with Gasteiger partial charge in [-0.1, -0.05) is 30.3 Å². The van der Waals surface area contributed by atoms with Crippen molar-refractivity contribution in [3.05, 3.63) is 60.1 Å². The number of carbonyl (C=O) groups excluding carboxylic acids is 1. The molecular weight excluding hydrogens is 384 g/mol. The summed E-state index contributed by atoms with van der Waals surface area (Å²) in [7, 11) is -3.36. The predicted molar refractivity (Wildman–Crippen MR) is 104 cm³/mol. The highest BCUT2D eigenvalue weighted by Crippen LogP contribution is 2.45. The van der Waals surface area contributed by atoms with Crippen molar-refractivity contribution >= 4 is 27.7 Å². The molecule has 2 aliphatic rings. The van der Waals surface area contributed by atoms with Crippen molar-refractivity contribution in [1.29, 1.82) is 0 Å². The Labute approximate surface area is 163 Å². The first-order valence-electron chi connectivity index (χ1n) is 8.97. The number of carbonyl (C=O) groups is 1. The van der Waals surface area contributed by atoms with Crippen molar-refractivity contribution in [2.45, 2.75) is 30.0 Å². The average Bonchev–Trinajstić information content (AvgIpc) is 3.27. The fraction of sp³-hybridized carbons (Fsp3) is 0.421. The number of hydrogen-bond acceptors (Lipinski definition) is 5. The maximum Gasteiger partial charge on any atom is 0.234 e. The van der Waals surface area contributed by atoms with Gasteiger partial charge in [0.25, 0.3) is 0 Å². The van der Waals surface area contributed by atoms with E-state index >= 15 is 0 Å². The van der Waals surface area contributed by atoms with Crippen LogP contribution in [0.5, 0.6) is 0 Å². The molecule has 3 heterocycles. The van der Waals surface area contributed by atoms with E-state index in [-0.39, 0.29) is 16.5 Å². The standard InChI is InChI=1S/C19H22N2O4S2/c22-18-14-26-19(21(18)13-17-7-4-12-25-17)8-10-20(11-9-19)27(23,24)15-16-5-2-1-3-6-16/h1-7,12H,8-11,13-15H2. The Morgan fingerprint density at radius 3 is 2.48 bits per heavy atom. The van der Waals surface area contributed by atoms with Gasteiger partial charge in [-0.2, -0.15) is 0 Å². The molecule has 1 amide bonds. The van der Waals surface area contributed by atoms with Crippen LogP contribution in [0.15, 0.2) is 53.1 Å². The zero-order valence-electron chi connectivity index (χ0n) is 14.9. The lowest BCUT2D eigenvalue weighted by Gasteiger charge is -2.43. The van der Waals surface area contributed by atoms with Crippen LogP contribution >= 0.6 is 11.8 Å². The van der Waals surface area contributed by atoms with Gasteiger partial charge in [-0.3, -0.25) is 4.79 Å². The third kappa shape index (κ3) is 3.79. The molecule has 2 aromatic rings. The molecule has 144 valence electrons. The van der Waals surface area contributed by atoms with Crippen molar-refractivity contribution < 1.29 is 17.6 Å². The van der Waals surface area contributed by atoms with E-state index in [4.69, 9.17) is 4.42 Å². The minimum atomic E-state index is -3.36. The lowest BCUT2D eigenvalue weighted by molar-refractivity contribution is -0.132. The van der Waals surface area contributed by atoms with Gasteiger partial charge in [-0.25, -0.2) is 12.7 Å². The van der Waals surface area contributed by atoms with Crippen LogP contribution in [0.2, 0.25) is 0 Å². The van der Waals surface area contributed by atoms with E-state index in [1.165, 1.54) is 0 Å². The van der Waals surface area contributed by atoms with Crippen LogP contribution in [0.3, 0.4) is 0 Å². The summed E-state index contributed by atoms with van der Waals surface area (Å²) >= 11 is 1.63. The van der Waals surface area contributed by atoms with E-state index in [9.17, 15) is 13.2 Å². The van der Waals surface area contributed by atoms with Gasteiger partial charge >= 0.3 is 0 Å². The topological polar surface area (TPSA) is 70.8 Å². The second-order valence-corrected chi connectivity index (χ2v) is 10.2. The zero-order chi connectivity index (χ0) is 18.9. The predicted octanol–water partition coefficient (Wildman–Crippen LogP) is 2.68. The number of piperidine rings is 1. The van der Waals surface area contributed by atoms with E-state index in [1.807, 2.05) is 47.4 Å². The van der Waals surface area contributed by atoms with Crippen LogP contribution in [0.4, 0.5) is 0 Å². The summed E-state index contributed by atoms with van der Waals surface area (Å²) in [5.41, 5.74) is 0.794. The highest BCUT2D eigenvalue weighted by Gasteiger charge is 2.49. The van der Waals surface area contributed by atoms with Crippen LogP contribution in [-0.2, 0) is 27.1 Å². The largest absolute Gasteiger partial charge is 0.467 e. The highest BCUT2D eigenvalue weighted by molar-refractivity contribution is 8.01.